The fourth-order valence-corrected chi connectivity index (χ4v) is 1.99. The summed E-state index contributed by atoms with van der Waals surface area (Å²) in [6.07, 6.45) is 1.97. The highest BCUT2D eigenvalue weighted by atomic mass is 35.5. The smallest absolute Gasteiger partial charge is 0.137 e. The maximum absolute atomic E-state index is 9.00. The van der Waals surface area contributed by atoms with Crippen molar-refractivity contribution in [3.63, 3.8) is 0 Å². The molecule has 0 amide bonds. The minimum atomic E-state index is -0.154. The number of hydrogen-bond donors (Lipinski definition) is 1. The van der Waals surface area contributed by atoms with Crippen LogP contribution in [0.25, 0.3) is 0 Å². The molecule has 0 unspecified atom stereocenters. The van der Waals surface area contributed by atoms with Crippen LogP contribution < -0.4 is 10.1 Å². The van der Waals surface area contributed by atoms with Gasteiger partial charge in [-0.05, 0) is 37.5 Å². The van der Waals surface area contributed by atoms with E-state index in [-0.39, 0.29) is 5.41 Å². The van der Waals surface area contributed by atoms with Crippen molar-refractivity contribution in [3.8, 4) is 11.8 Å². The van der Waals surface area contributed by atoms with Gasteiger partial charge in [0.05, 0.1) is 23.6 Å². The number of rotatable bonds is 4. The summed E-state index contributed by atoms with van der Waals surface area (Å²) >= 11 is 6.07. The van der Waals surface area contributed by atoms with E-state index < -0.39 is 0 Å². The lowest BCUT2D eigenvalue weighted by atomic mass is 10.1. The predicted molar refractivity (Wildman–Crippen MR) is 68.5 cm³/mol. The number of anilines is 1. The fourth-order valence-electron chi connectivity index (χ4n) is 1.75. The molecule has 1 aromatic carbocycles. The van der Waals surface area contributed by atoms with Crippen LogP contribution in [0, 0.1) is 23.7 Å². The van der Waals surface area contributed by atoms with E-state index in [0.717, 1.165) is 24.1 Å². The van der Waals surface area contributed by atoms with E-state index in [1.165, 1.54) is 0 Å². The largest absolute Gasteiger partial charge is 0.495 e. The summed E-state index contributed by atoms with van der Waals surface area (Å²) in [6.45, 7) is 2.68. The maximum atomic E-state index is 9.00. The molecule has 0 bridgehead atoms. The number of ether oxygens (including phenoxy) is 1. The SMILES string of the molecule is COc1cc(C)c(NCC2(C#N)CC2)cc1Cl. The fraction of sp³-hybridized carbons (Fsp3) is 0.462. The second kappa shape index (κ2) is 4.46. The van der Waals surface area contributed by atoms with Crippen molar-refractivity contribution in [1.82, 2.24) is 0 Å². The molecule has 2 rings (SSSR count). The van der Waals surface area contributed by atoms with Gasteiger partial charge in [0.15, 0.2) is 0 Å². The summed E-state index contributed by atoms with van der Waals surface area (Å²) in [4.78, 5) is 0. The van der Waals surface area contributed by atoms with E-state index in [9.17, 15) is 0 Å². The quantitative estimate of drug-likeness (QED) is 0.891. The van der Waals surface area contributed by atoms with E-state index in [1.807, 2.05) is 19.1 Å². The van der Waals surface area contributed by atoms with E-state index in [0.29, 0.717) is 17.3 Å². The average molecular weight is 251 g/mol. The Kier molecular flexibility index (Phi) is 3.17. The lowest BCUT2D eigenvalue weighted by Crippen LogP contribution is -2.14. The molecule has 4 heteroatoms. The third-order valence-electron chi connectivity index (χ3n) is 3.21. The van der Waals surface area contributed by atoms with Crippen molar-refractivity contribution < 1.29 is 4.74 Å². The van der Waals surface area contributed by atoms with Gasteiger partial charge in [0.25, 0.3) is 0 Å². The number of hydrogen-bond acceptors (Lipinski definition) is 3. The highest BCUT2D eigenvalue weighted by Gasteiger charge is 2.42. The van der Waals surface area contributed by atoms with Crippen molar-refractivity contribution >= 4 is 17.3 Å². The zero-order chi connectivity index (χ0) is 12.5. The summed E-state index contributed by atoms with van der Waals surface area (Å²) in [7, 11) is 1.60. The maximum Gasteiger partial charge on any atom is 0.137 e. The van der Waals surface area contributed by atoms with Gasteiger partial charge in [-0.25, -0.2) is 0 Å². The molecule has 1 aliphatic carbocycles. The summed E-state index contributed by atoms with van der Waals surface area (Å²) in [5.74, 6) is 0.677. The monoisotopic (exact) mass is 250 g/mol. The summed E-state index contributed by atoms with van der Waals surface area (Å²) in [5, 5.41) is 12.9. The molecule has 1 aromatic rings. The summed E-state index contributed by atoms with van der Waals surface area (Å²) in [5.41, 5.74) is 1.89. The average Bonchev–Trinajstić information content (AvgIpc) is 3.10. The van der Waals surface area contributed by atoms with Gasteiger partial charge in [-0.2, -0.15) is 5.26 Å². The molecule has 0 radical (unpaired) electrons. The van der Waals surface area contributed by atoms with Gasteiger partial charge in [0.1, 0.15) is 5.75 Å². The van der Waals surface area contributed by atoms with Crippen molar-refractivity contribution in [1.29, 1.82) is 5.26 Å². The molecule has 1 saturated carbocycles. The topological polar surface area (TPSA) is 45.0 Å². The highest BCUT2D eigenvalue weighted by molar-refractivity contribution is 6.32. The molecule has 0 spiro atoms. The Morgan fingerprint density at radius 1 is 1.53 bits per heavy atom. The molecule has 0 heterocycles. The number of nitriles is 1. The molecule has 1 N–H and O–H groups in total. The van der Waals surface area contributed by atoms with Gasteiger partial charge >= 0.3 is 0 Å². The first-order chi connectivity index (χ1) is 8.10. The standard InChI is InChI=1S/C13H15ClN2O/c1-9-5-12(17-2)10(14)6-11(9)16-8-13(7-15)3-4-13/h5-6,16H,3-4,8H2,1-2H3. The second-order valence-electron chi connectivity index (χ2n) is 4.55. The van der Waals surface area contributed by atoms with Crippen molar-refractivity contribution in [2.75, 3.05) is 19.0 Å². The molecule has 0 atom stereocenters. The first kappa shape index (κ1) is 12.1. The number of aryl methyl sites for hydroxylation is 1. The van der Waals surface area contributed by atoms with Crippen LogP contribution in [0.15, 0.2) is 12.1 Å². The van der Waals surface area contributed by atoms with Crippen molar-refractivity contribution in [2.24, 2.45) is 5.41 Å². The van der Waals surface area contributed by atoms with Crippen LogP contribution in [0.2, 0.25) is 5.02 Å². The van der Waals surface area contributed by atoms with Crippen LogP contribution in [0.3, 0.4) is 0 Å². The van der Waals surface area contributed by atoms with Gasteiger partial charge in [-0.15, -0.1) is 0 Å². The Morgan fingerprint density at radius 2 is 2.24 bits per heavy atom. The van der Waals surface area contributed by atoms with Crippen LogP contribution in [0.4, 0.5) is 5.69 Å². The Labute approximate surface area is 106 Å². The number of nitrogens with one attached hydrogen (secondary N) is 1. The molecule has 1 fully saturated rings. The molecule has 0 saturated heterocycles. The first-order valence-corrected chi connectivity index (χ1v) is 5.97. The molecular formula is C13H15ClN2O. The molecule has 0 aromatic heterocycles. The third kappa shape index (κ3) is 2.48. The molecular weight excluding hydrogens is 236 g/mol. The van der Waals surface area contributed by atoms with Crippen LogP contribution in [0.5, 0.6) is 5.75 Å². The van der Waals surface area contributed by atoms with Crippen LogP contribution >= 0.6 is 11.6 Å². The minimum Gasteiger partial charge on any atom is -0.495 e. The third-order valence-corrected chi connectivity index (χ3v) is 3.50. The zero-order valence-electron chi connectivity index (χ0n) is 10.0. The molecule has 90 valence electrons. The van der Waals surface area contributed by atoms with Gasteiger partial charge in [-0.1, -0.05) is 11.6 Å². The summed E-state index contributed by atoms with van der Waals surface area (Å²) < 4.78 is 5.15. The van der Waals surface area contributed by atoms with Crippen LogP contribution in [-0.2, 0) is 0 Å². The molecule has 3 nitrogen and oxygen atoms in total. The number of nitrogens with zero attached hydrogens (tertiary/aromatic N) is 1. The first-order valence-electron chi connectivity index (χ1n) is 5.59. The van der Waals surface area contributed by atoms with E-state index in [2.05, 4.69) is 11.4 Å². The minimum absolute atomic E-state index is 0.154. The second-order valence-corrected chi connectivity index (χ2v) is 4.95. The van der Waals surface area contributed by atoms with E-state index in [4.69, 9.17) is 21.6 Å². The van der Waals surface area contributed by atoms with Crippen LogP contribution in [-0.4, -0.2) is 13.7 Å². The molecule has 1 aliphatic rings. The Balaban J connectivity index is 2.11. The lowest BCUT2D eigenvalue weighted by Gasteiger charge is -2.14. The molecule has 17 heavy (non-hydrogen) atoms. The van der Waals surface area contributed by atoms with E-state index in [1.54, 1.807) is 7.11 Å². The number of benzene rings is 1. The number of halogens is 1. The van der Waals surface area contributed by atoms with E-state index >= 15 is 0 Å². The Morgan fingerprint density at radius 3 is 2.76 bits per heavy atom. The Bertz CT molecular complexity index is 475. The van der Waals surface area contributed by atoms with Crippen molar-refractivity contribution in [2.45, 2.75) is 19.8 Å². The van der Waals surface area contributed by atoms with Crippen LogP contribution in [0.1, 0.15) is 18.4 Å². The lowest BCUT2D eigenvalue weighted by molar-refractivity contribution is 0.415. The van der Waals surface area contributed by atoms with Gasteiger partial charge in [0, 0.05) is 12.2 Å². The van der Waals surface area contributed by atoms with Gasteiger partial charge in [0.2, 0.25) is 0 Å². The summed E-state index contributed by atoms with van der Waals surface area (Å²) in [6, 6.07) is 6.11. The van der Waals surface area contributed by atoms with Crippen molar-refractivity contribution in [3.05, 3.63) is 22.7 Å². The van der Waals surface area contributed by atoms with Gasteiger partial charge in [-0.3, -0.25) is 0 Å². The predicted octanol–water partition coefficient (Wildman–Crippen LogP) is 3.37. The Hall–Kier alpha value is -1.40. The zero-order valence-corrected chi connectivity index (χ0v) is 10.8. The van der Waals surface area contributed by atoms with Gasteiger partial charge < -0.3 is 10.1 Å². The normalized spacial score (nSPS) is 16.1. The molecule has 0 aliphatic heterocycles. The number of methoxy groups -OCH3 is 1. The highest BCUT2D eigenvalue weighted by Crippen LogP contribution is 2.45.